The van der Waals surface area contributed by atoms with Gasteiger partial charge >= 0.3 is 0 Å². The van der Waals surface area contributed by atoms with Crippen molar-refractivity contribution < 1.29 is 9.21 Å². The third kappa shape index (κ3) is 3.73. The first-order valence-corrected chi connectivity index (χ1v) is 7.57. The Labute approximate surface area is 127 Å². The lowest BCUT2D eigenvalue weighted by Crippen LogP contribution is -2.41. The van der Waals surface area contributed by atoms with Crippen LogP contribution < -0.4 is 5.32 Å². The van der Waals surface area contributed by atoms with Gasteiger partial charge in [-0.25, -0.2) is 0 Å². The van der Waals surface area contributed by atoms with Crippen LogP contribution in [0.2, 0.25) is 0 Å². The van der Waals surface area contributed by atoms with Gasteiger partial charge in [0.15, 0.2) is 4.67 Å². The molecule has 1 aromatic heterocycles. The second kappa shape index (κ2) is 6.76. The summed E-state index contributed by atoms with van der Waals surface area (Å²) < 4.78 is 5.86. The molecule has 1 saturated carbocycles. The lowest BCUT2D eigenvalue weighted by atomic mass is 9.86. The molecular weight excluding hydrogens is 320 g/mol. The molecule has 1 N–H and O–H groups in total. The molecule has 0 spiro atoms. The molecule has 0 bridgehead atoms. The molecule has 106 valence electrons. The van der Waals surface area contributed by atoms with Gasteiger partial charge in [0.25, 0.3) is 5.91 Å². The minimum absolute atomic E-state index is 0.0737. The number of carbonyl (C=O) groups excluding carboxylic acids is 1. The molecule has 2 atom stereocenters. The van der Waals surface area contributed by atoms with E-state index in [9.17, 15) is 4.79 Å². The van der Waals surface area contributed by atoms with Crippen LogP contribution in [0.3, 0.4) is 0 Å². The molecule has 1 aromatic rings. The molecule has 1 aliphatic rings. The smallest absolute Gasteiger partial charge is 0.262 e. The van der Waals surface area contributed by atoms with Crippen molar-refractivity contribution >= 4 is 27.9 Å². The topological polar surface area (TPSA) is 66.0 Å². The maximum Gasteiger partial charge on any atom is 0.262 e. The Morgan fingerprint density at radius 2 is 2.25 bits per heavy atom. The van der Waals surface area contributed by atoms with E-state index in [2.05, 4.69) is 28.2 Å². The Morgan fingerprint density at radius 1 is 1.50 bits per heavy atom. The lowest BCUT2D eigenvalue weighted by molar-refractivity contribution is -0.118. The Morgan fingerprint density at radius 3 is 2.85 bits per heavy atom. The van der Waals surface area contributed by atoms with Gasteiger partial charge in [0.05, 0.1) is 0 Å². The molecule has 20 heavy (non-hydrogen) atoms. The number of hydrogen-bond donors (Lipinski definition) is 1. The van der Waals surface area contributed by atoms with Gasteiger partial charge in [-0.3, -0.25) is 4.79 Å². The second-order valence-electron chi connectivity index (χ2n) is 5.15. The van der Waals surface area contributed by atoms with Crippen LogP contribution in [0.5, 0.6) is 0 Å². The van der Waals surface area contributed by atoms with E-state index in [1.807, 2.05) is 6.07 Å². The van der Waals surface area contributed by atoms with Crippen molar-refractivity contribution in [3.05, 3.63) is 28.1 Å². The summed E-state index contributed by atoms with van der Waals surface area (Å²) in [6.07, 6.45) is 5.92. The predicted molar refractivity (Wildman–Crippen MR) is 79.6 cm³/mol. The zero-order chi connectivity index (χ0) is 14.5. The molecular formula is C15H17BrN2O2. The quantitative estimate of drug-likeness (QED) is 0.676. The van der Waals surface area contributed by atoms with E-state index in [-0.39, 0.29) is 17.5 Å². The fraction of sp³-hybridized carbons (Fsp3) is 0.467. The maximum absolute atomic E-state index is 12.1. The van der Waals surface area contributed by atoms with E-state index in [1.54, 1.807) is 12.1 Å². The molecule has 0 saturated heterocycles. The first-order valence-electron chi connectivity index (χ1n) is 6.78. The van der Waals surface area contributed by atoms with Gasteiger partial charge in [-0.2, -0.15) is 5.26 Å². The highest BCUT2D eigenvalue weighted by Crippen LogP contribution is 2.24. The number of nitriles is 1. The minimum Gasteiger partial charge on any atom is -0.450 e. The van der Waals surface area contributed by atoms with Crippen molar-refractivity contribution in [3.63, 3.8) is 0 Å². The van der Waals surface area contributed by atoms with Crippen LogP contribution >= 0.6 is 15.9 Å². The third-order valence-electron chi connectivity index (χ3n) is 3.67. The van der Waals surface area contributed by atoms with Crippen LogP contribution in [0.25, 0.3) is 6.08 Å². The van der Waals surface area contributed by atoms with Crippen molar-refractivity contribution in [2.75, 3.05) is 0 Å². The van der Waals surface area contributed by atoms with Gasteiger partial charge in [0.2, 0.25) is 0 Å². The summed E-state index contributed by atoms with van der Waals surface area (Å²) in [7, 11) is 0. The lowest BCUT2D eigenvalue weighted by Gasteiger charge is -2.29. The number of amides is 1. The predicted octanol–water partition coefficient (Wildman–Crippen LogP) is 3.64. The van der Waals surface area contributed by atoms with Crippen molar-refractivity contribution in [1.82, 2.24) is 5.32 Å². The molecule has 0 aliphatic heterocycles. The molecule has 1 amide bonds. The van der Waals surface area contributed by atoms with E-state index < -0.39 is 0 Å². The normalized spacial score (nSPS) is 23.1. The molecule has 0 aromatic carbocycles. The number of halogens is 1. The maximum atomic E-state index is 12.1. The van der Waals surface area contributed by atoms with Crippen molar-refractivity contribution in [3.8, 4) is 6.07 Å². The third-order valence-corrected chi connectivity index (χ3v) is 4.10. The van der Waals surface area contributed by atoms with E-state index in [4.69, 9.17) is 9.68 Å². The average molecular weight is 337 g/mol. The van der Waals surface area contributed by atoms with E-state index in [1.165, 1.54) is 12.5 Å². The van der Waals surface area contributed by atoms with Gasteiger partial charge in [-0.1, -0.05) is 19.8 Å². The molecule has 1 aliphatic carbocycles. The Hall–Kier alpha value is -1.54. The van der Waals surface area contributed by atoms with Gasteiger partial charge < -0.3 is 9.73 Å². The van der Waals surface area contributed by atoms with Crippen molar-refractivity contribution in [2.45, 2.75) is 38.6 Å². The van der Waals surface area contributed by atoms with E-state index in [0.717, 1.165) is 19.3 Å². The summed E-state index contributed by atoms with van der Waals surface area (Å²) in [5.41, 5.74) is 0.0737. The summed E-state index contributed by atoms with van der Waals surface area (Å²) in [4.78, 5) is 12.1. The minimum atomic E-state index is -0.321. The van der Waals surface area contributed by atoms with Gasteiger partial charge in [-0.05, 0) is 46.8 Å². The summed E-state index contributed by atoms with van der Waals surface area (Å²) in [6.45, 7) is 2.14. The number of nitrogens with one attached hydrogen (secondary N) is 1. The van der Waals surface area contributed by atoms with E-state index in [0.29, 0.717) is 16.3 Å². The van der Waals surface area contributed by atoms with E-state index >= 15 is 0 Å². The highest BCUT2D eigenvalue weighted by molar-refractivity contribution is 9.10. The first kappa shape index (κ1) is 14.9. The number of hydrogen-bond acceptors (Lipinski definition) is 3. The molecule has 0 unspecified atom stereocenters. The summed E-state index contributed by atoms with van der Waals surface area (Å²) in [6, 6.07) is 5.53. The molecule has 1 heterocycles. The Bertz CT molecular complexity index is 556. The van der Waals surface area contributed by atoms with Crippen LogP contribution in [0, 0.1) is 17.2 Å². The summed E-state index contributed by atoms with van der Waals surface area (Å²) in [5.74, 6) is 0.629. The summed E-state index contributed by atoms with van der Waals surface area (Å²) >= 11 is 3.19. The SMILES string of the molecule is C[C@H]1CCCC[C@H]1NC(=O)/C(C#N)=C/c1ccc(Br)o1. The summed E-state index contributed by atoms with van der Waals surface area (Å²) in [5, 5.41) is 12.1. The first-order chi connectivity index (χ1) is 9.60. The zero-order valence-corrected chi connectivity index (χ0v) is 12.9. The molecule has 2 rings (SSSR count). The van der Waals surface area contributed by atoms with Gasteiger partial charge in [0, 0.05) is 12.1 Å². The second-order valence-corrected chi connectivity index (χ2v) is 5.93. The van der Waals surface area contributed by atoms with Crippen LogP contribution in [0.1, 0.15) is 38.4 Å². The largest absolute Gasteiger partial charge is 0.450 e. The van der Waals surface area contributed by atoms with Crippen LogP contribution in [0.15, 0.2) is 26.8 Å². The zero-order valence-electron chi connectivity index (χ0n) is 11.4. The highest BCUT2D eigenvalue weighted by Gasteiger charge is 2.24. The van der Waals surface area contributed by atoms with Crippen LogP contribution in [0.4, 0.5) is 0 Å². The Kier molecular flexibility index (Phi) is 5.02. The molecule has 4 nitrogen and oxygen atoms in total. The van der Waals surface area contributed by atoms with Crippen molar-refractivity contribution in [2.24, 2.45) is 5.92 Å². The monoisotopic (exact) mass is 336 g/mol. The standard InChI is InChI=1S/C15H17BrN2O2/c1-10-4-2-3-5-13(10)18-15(19)11(9-17)8-12-6-7-14(16)20-12/h6-8,10,13H,2-5H2,1H3,(H,18,19)/b11-8+/t10-,13+/m0/s1. The Balaban J connectivity index is 2.06. The molecule has 5 heteroatoms. The number of furan rings is 1. The van der Waals surface area contributed by atoms with Crippen LogP contribution in [-0.4, -0.2) is 11.9 Å². The fourth-order valence-corrected chi connectivity index (χ4v) is 2.79. The number of rotatable bonds is 3. The fourth-order valence-electron chi connectivity index (χ4n) is 2.47. The van der Waals surface area contributed by atoms with Gasteiger partial charge in [0.1, 0.15) is 17.4 Å². The molecule has 0 radical (unpaired) electrons. The average Bonchev–Trinajstić information content (AvgIpc) is 2.84. The number of carbonyl (C=O) groups is 1. The highest BCUT2D eigenvalue weighted by atomic mass is 79.9. The van der Waals surface area contributed by atoms with Gasteiger partial charge in [-0.15, -0.1) is 0 Å². The number of nitrogens with zero attached hydrogens (tertiary/aromatic N) is 1. The molecule has 1 fully saturated rings. The van der Waals surface area contributed by atoms with Crippen molar-refractivity contribution in [1.29, 1.82) is 5.26 Å². The van der Waals surface area contributed by atoms with Crippen LogP contribution in [-0.2, 0) is 4.79 Å².